The number of aromatic nitrogens is 2. The fraction of sp³-hybridized carbons (Fsp3) is 0.474. The third-order valence-corrected chi connectivity index (χ3v) is 7.27. The van der Waals surface area contributed by atoms with E-state index in [9.17, 15) is 9.59 Å². The number of nitrogens with zero attached hydrogens (tertiary/aromatic N) is 2. The Morgan fingerprint density at radius 1 is 1.04 bits per heavy atom. The summed E-state index contributed by atoms with van der Waals surface area (Å²) in [5.41, 5.74) is 1.20. The van der Waals surface area contributed by atoms with Crippen LogP contribution in [-0.2, 0) is 15.3 Å². The molecule has 1 fully saturated rings. The van der Waals surface area contributed by atoms with Gasteiger partial charge in [-0.3, -0.25) is 14.9 Å². The van der Waals surface area contributed by atoms with Crippen LogP contribution in [0.15, 0.2) is 34.7 Å². The highest BCUT2D eigenvalue weighted by atomic mass is 32.2. The van der Waals surface area contributed by atoms with E-state index in [2.05, 4.69) is 20.8 Å². The maximum absolute atomic E-state index is 12.1. The van der Waals surface area contributed by atoms with E-state index in [0.717, 1.165) is 18.6 Å². The Bertz CT molecular complexity index is 764. The predicted molar refractivity (Wildman–Crippen MR) is 117 cm³/mol. The number of nitrogens with one attached hydrogen (secondary N) is 2. The molecule has 2 aromatic rings. The smallest absolute Gasteiger partial charge is 0.236 e. The number of thioether (sulfide) groups is 2. The summed E-state index contributed by atoms with van der Waals surface area (Å²) < 4.78 is 0.686. The van der Waals surface area contributed by atoms with E-state index >= 15 is 0 Å². The van der Waals surface area contributed by atoms with Crippen molar-refractivity contribution < 1.29 is 9.59 Å². The molecule has 0 radical (unpaired) electrons. The lowest BCUT2D eigenvalue weighted by Gasteiger charge is -2.22. The van der Waals surface area contributed by atoms with Crippen LogP contribution in [0.3, 0.4) is 0 Å². The van der Waals surface area contributed by atoms with Crippen LogP contribution in [0.4, 0.5) is 5.13 Å². The Morgan fingerprint density at radius 3 is 2.61 bits per heavy atom. The van der Waals surface area contributed by atoms with Crippen LogP contribution in [0.2, 0.25) is 0 Å². The Kier molecular flexibility index (Phi) is 8.63. The number of anilines is 1. The van der Waals surface area contributed by atoms with Crippen molar-refractivity contribution in [2.75, 3.05) is 16.8 Å². The van der Waals surface area contributed by atoms with Gasteiger partial charge in [-0.25, -0.2) is 0 Å². The van der Waals surface area contributed by atoms with Gasteiger partial charge in [-0.15, -0.1) is 22.0 Å². The van der Waals surface area contributed by atoms with E-state index in [1.807, 2.05) is 30.3 Å². The first-order chi connectivity index (χ1) is 13.7. The minimum Gasteiger partial charge on any atom is -0.353 e. The molecule has 0 saturated heterocycles. The molecule has 9 heteroatoms. The molecule has 0 atom stereocenters. The summed E-state index contributed by atoms with van der Waals surface area (Å²) in [4.78, 5) is 24.1. The lowest BCUT2D eigenvalue weighted by molar-refractivity contribution is -0.119. The van der Waals surface area contributed by atoms with Gasteiger partial charge in [-0.05, 0) is 18.4 Å². The average Bonchev–Trinajstić information content (AvgIpc) is 3.15. The summed E-state index contributed by atoms with van der Waals surface area (Å²) in [6, 6.07) is 10.4. The van der Waals surface area contributed by atoms with E-state index < -0.39 is 0 Å². The van der Waals surface area contributed by atoms with Gasteiger partial charge in [0, 0.05) is 11.8 Å². The van der Waals surface area contributed by atoms with Crippen LogP contribution in [0, 0.1) is 0 Å². The molecular formula is C19H24N4O2S3. The van der Waals surface area contributed by atoms with Gasteiger partial charge in [0.15, 0.2) is 4.34 Å². The van der Waals surface area contributed by atoms with Crippen molar-refractivity contribution in [3.63, 3.8) is 0 Å². The number of hydrogen-bond acceptors (Lipinski definition) is 7. The van der Waals surface area contributed by atoms with Gasteiger partial charge in [0.25, 0.3) is 0 Å². The van der Waals surface area contributed by atoms with Crippen molar-refractivity contribution in [2.45, 2.75) is 48.2 Å². The summed E-state index contributed by atoms with van der Waals surface area (Å²) in [7, 11) is 0. The van der Waals surface area contributed by atoms with Crippen molar-refractivity contribution in [1.29, 1.82) is 0 Å². The predicted octanol–water partition coefficient (Wildman–Crippen LogP) is 3.95. The van der Waals surface area contributed by atoms with Gasteiger partial charge < -0.3 is 5.32 Å². The van der Waals surface area contributed by atoms with Gasteiger partial charge >= 0.3 is 0 Å². The largest absolute Gasteiger partial charge is 0.353 e. The van der Waals surface area contributed by atoms with Crippen LogP contribution < -0.4 is 10.6 Å². The topological polar surface area (TPSA) is 84.0 Å². The van der Waals surface area contributed by atoms with E-state index in [1.54, 1.807) is 11.8 Å². The fourth-order valence-electron chi connectivity index (χ4n) is 2.95. The molecular weight excluding hydrogens is 412 g/mol. The molecule has 0 unspecified atom stereocenters. The van der Waals surface area contributed by atoms with E-state index in [-0.39, 0.29) is 11.8 Å². The monoisotopic (exact) mass is 436 g/mol. The molecule has 3 rings (SSSR count). The van der Waals surface area contributed by atoms with Crippen LogP contribution >= 0.6 is 34.9 Å². The van der Waals surface area contributed by atoms with Crippen molar-refractivity contribution in [3.05, 3.63) is 35.9 Å². The molecule has 1 aliphatic carbocycles. The first-order valence-corrected chi connectivity index (χ1v) is 12.3. The minimum atomic E-state index is -0.0938. The second kappa shape index (κ2) is 11.4. The molecule has 150 valence electrons. The first-order valence-electron chi connectivity index (χ1n) is 9.36. The maximum atomic E-state index is 12.1. The lowest BCUT2D eigenvalue weighted by Crippen LogP contribution is -2.37. The highest BCUT2D eigenvalue weighted by Gasteiger charge is 2.16. The maximum Gasteiger partial charge on any atom is 0.236 e. The number of rotatable bonds is 9. The van der Waals surface area contributed by atoms with Crippen LogP contribution in [0.1, 0.15) is 37.7 Å². The molecule has 28 heavy (non-hydrogen) atoms. The number of carbonyl (C=O) groups is 2. The summed E-state index contributed by atoms with van der Waals surface area (Å²) in [6.07, 6.45) is 5.81. The standard InChI is InChI=1S/C19H24N4O2S3/c24-16(12-26-11-14-7-3-1-4-8-14)21-18-22-23-19(28-18)27-13-17(25)20-15-9-5-2-6-10-15/h1,3-4,7-8,15H,2,5-6,9-13H2,(H,20,25)(H,21,22,24). The molecule has 0 spiro atoms. The Morgan fingerprint density at radius 2 is 1.82 bits per heavy atom. The molecule has 6 nitrogen and oxygen atoms in total. The van der Waals surface area contributed by atoms with Gasteiger partial charge in [0.05, 0.1) is 11.5 Å². The zero-order valence-corrected chi connectivity index (χ0v) is 18.0. The lowest BCUT2D eigenvalue weighted by atomic mass is 9.95. The molecule has 2 N–H and O–H groups in total. The van der Waals surface area contributed by atoms with Gasteiger partial charge in [-0.2, -0.15) is 0 Å². The van der Waals surface area contributed by atoms with Crippen molar-refractivity contribution >= 4 is 51.8 Å². The summed E-state index contributed by atoms with van der Waals surface area (Å²) in [5, 5.41) is 14.4. The van der Waals surface area contributed by atoms with Crippen molar-refractivity contribution in [2.24, 2.45) is 0 Å². The van der Waals surface area contributed by atoms with Crippen molar-refractivity contribution in [3.8, 4) is 0 Å². The molecule has 1 aromatic heterocycles. The summed E-state index contributed by atoms with van der Waals surface area (Å²) >= 11 is 4.21. The molecule has 2 amide bonds. The number of carbonyl (C=O) groups excluding carboxylic acids is 2. The highest BCUT2D eigenvalue weighted by molar-refractivity contribution is 8.01. The second-order valence-corrected chi connectivity index (χ2v) is 9.78. The molecule has 1 saturated carbocycles. The summed E-state index contributed by atoms with van der Waals surface area (Å²) in [5.74, 6) is 1.42. The Hall–Kier alpha value is -1.58. The van der Waals surface area contributed by atoms with Crippen molar-refractivity contribution in [1.82, 2.24) is 15.5 Å². The minimum absolute atomic E-state index is 0.0370. The zero-order chi connectivity index (χ0) is 19.6. The van der Waals surface area contributed by atoms with E-state index in [0.29, 0.717) is 27.0 Å². The SMILES string of the molecule is O=C(CSCc1ccccc1)Nc1nnc(SCC(=O)NC2CCCCC2)s1. The molecule has 1 heterocycles. The number of amides is 2. The molecule has 0 aliphatic heterocycles. The Balaban J connectivity index is 1.34. The number of hydrogen-bond donors (Lipinski definition) is 2. The molecule has 0 bridgehead atoms. The fourth-order valence-corrected chi connectivity index (χ4v) is 5.32. The first kappa shape index (κ1) is 21.1. The zero-order valence-electron chi connectivity index (χ0n) is 15.6. The third-order valence-electron chi connectivity index (χ3n) is 4.29. The van der Waals surface area contributed by atoms with Crippen LogP contribution in [0.5, 0.6) is 0 Å². The van der Waals surface area contributed by atoms with E-state index in [1.165, 1.54) is 47.9 Å². The second-order valence-electron chi connectivity index (χ2n) is 6.59. The van der Waals surface area contributed by atoms with Gasteiger partial charge in [0.1, 0.15) is 0 Å². The van der Waals surface area contributed by atoms with Crippen LogP contribution in [-0.4, -0.2) is 39.6 Å². The summed E-state index contributed by atoms with van der Waals surface area (Å²) in [6.45, 7) is 0. The quantitative estimate of drug-likeness (QED) is 0.457. The highest BCUT2D eigenvalue weighted by Crippen LogP contribution is 2.26. The van der Waals surface area contributed by atoms with Gasteiger partial charge in [0.2, 0.25) is 16.9 Å². The molecule has 1 aromatic carbocycles. The van der Waals surface area contributed by atoms with Crippen LogP contribution in [0.25, 0.3) is 0 Å². The average molecular weight is 437 g/mol. The molecule has 1 aliphatic rings. The number of benzene rings is 1. The Labute approximate surface area is 177 Å². The third kappa shape index (κ3) is 7.44. The van der Waals surface area contributed by atoms with E-state index in [4.69, 9.17) is 0 Å². The normalized spacial score (nSPS) is 14.6. The van der Waals surface area contributed by atoms with Gasteiger partial charge in [-0.1, -0.05) is 72.7 Å².